The first-order valence-electron chi connectivity index (χ1n) is 5.08. The molecule has 0 bridgehead atoms. The second-order valence-electron chi connectivity index (χ2n) is 4.44. The highest BCUT2D eigenvalue weighted by Crippen LogP contribution is 2.34. The van der Waals surface area contributed by atoms with Crippen molar-refractivity contribution in [1.82, 2.24) is 4.90 Å². The van der Waals surface area contributed by atoms with E-state index in [1.807, 2.05) is 4.90 Å². The molecule has 2 fully saturated rings. The summed E-state index contributed by atoms with van der Waals surface area (Å²) in [5.41, 5.74) is 0. The highest BCUT2D eigenvalue weighted by atomic mass is 79.9. The summed E-state index contributed by atoms with van der Waals surface area (Å²) in [4.78, 5) is 14.2. The quantitative estimate of drug-likeness (QED) is 0.683. The molecule has 1 saturated heterocycles. The maximum absolute atomic E-state index is 11.7. The van der Waals surface area contributed by atoms with E-state index in [1.54, 1.807) is 0 Å². The molecule has 1 saturated carbocycles. The van der Waals surface area contributed by atoms with Crippen molar-refractivity contribution in [3.05, 3.63) is 0 Å². The molecule has 1 aliphatic heterocycles. The van der Waals surface area contributed by atoms with Crippen molar-refractivity contribution < 1.29 is 4.79 Å². The van der Waals surface area contributed by atoms with Crippen molar-refractivity contribution in [2.75, 3.05) is 13.1 Å². The van der Waals surface area contributed by atoms with Crippen molar-refractivity contribution in [2.24, 2.45) is 11.8 Å². The number of carbonyl (C=O) groups is 1. The van der Waals surface area contributed by atoms with Crippen LogP contribution in [0.1, 0.15) is 26.2 Å². The summed E-state index contributed by atoms with van der Waals surface area (Å²) in [5, 5.41) is 0. The van der Waals surface area contributed by atoms with Crippen LogP contribution in [0.2, 0.25) is 0 Å². The number of halogens is 1. The Bertz CT molecular complexity index is 205. The summed E-state index contributed by atoms with van der Waals surface area (Å²) in [6.45, 7) is 4.05. The molecule has 0 aromatic carbocycles. The number of hydrogen-bond donors (Lipinski definition) is 0. The molecule has 2 atom stereocenters. The highest BCUT2D eigenvalue weighted by molar-refractivity contribution is 9.09. The molecule has 2 unspecified atom stereocenters. The lowest BCUT2D eigenvalue weighted by molar-refractivity contribution is -0.130. The predicted molar refractivity (Wildman–Crippen MR) is 55.8 cm³/mol. The molecule has 2 rings (SSSR count). The zero-order valence-electron chi connectivity index (χ0n) is 8.00. The Balaban J connectivity index is 1.83. The van der Waals surface area contributed by atoms with Gasteiger partial charge in [-0.3, -0.25) is 4.79 Å². The molecule has 0 spiro atoms. The van der Waals surface area contributed by atoms with E-state index < -0.39 is 0 Å². The van der Waals surface area contributed by atoms with Crippen molar-refractivity contribution >= 4 is 21.8 Å². The number of amides is 1. The van der Waals surface area contributed by atoms with Crippen LogP contribution in [0.4, 0.5) is 0 Å². The number of hydrogen-bond acceptors (Lipinski definition) is 1. The van der Waals surface area contributed by atoms with Gasteiger partial charge < -0.3 is 4.90 Å². The van der Waals surface area contributed by atoms with Gasteiger partial charge >= 0.3 is 0 Å². The molecule has 1 heterocycles. The van der Waals surface area contributed by atoms with Crippen LogP contribution in [0, 0.1) is 11.8 Å². The van der Waals surface area contributed by atoms with Gasteiger partial charge in [0.1, 0.15) is 0 Å². The van der Waals surface area contributed by atoms with E-state index >= 15 is 0 Å². The molecule has 74 valence electrons. The number of nitrogens with zero attached hydrogens (tertiary/aromatic N) is 1. The van der Waals surface area contributed by atoms with Crippen LogP contribution in [-0.2, 0) is 4.79 Å². The van der Waals surface area contributed by atoms with Gasteiger partial charge in [0.15, 0.2) is 0 Å². The molecule has 13 heavy (non-hydrogen) atoms. The highest BCUT2D eigenvalue weighted by Gasteiger charge is 2.33. The zero-order valence-corrected chi connectivity index (χ0v) is 9.59. The van der Waals surface area contributed by atoms with Crippen molar-refractivity contribution in [2.45, 2.75) is 31.0 Å². The van der Waals surface area contributed by atoms with E-state index in [0.29, 0.717) is 16.7 Å². The van der Waals surface area contributed by atoms with Gasteiger partial charge in [0.2, 0.25) is 5.91 Å². The molecule has 0 radical (unpaired) electrons. The molecule has 0 N–H and O–H groups in total. The maximum atomic E-state index is 11.7. The molecule has 1 aliphatic carbocycles. The SMILES string of the molecule is CC1CN(C(=O)CC2CC2)CC1Br. The number of carbonyl (C=O) groups excluding carboxylic acids is 1. The first-order chi connectivity index (χ1) is 6.16. The number of alkyl halides is 1. The van der Waals surface area contributed by atoms with Crippen molar-refractivity contribution in [1.29, 1.82) is 0 Å². The Labute approximate surface area is 87.8 Å². The minimum Gasteiger partial charge on any atom is -0.341 e. The summed E-state index contributed by atoms with van der Waals surface area (Å²) >= 11 is 3.60. The van der Waals surface area contributed by atoms with Gasteiger partial charge in [-0.2, -0.15) is 0 Å². The Hall–Kier alpha value is -0.0500. The van der Waals surface area contributed by atoms with Gasteiger partial charge in [-0.05, 0) is 24.7 Å². The minimum atomic E-state index is 0.372. The Morgan fingerprint density at radius 3 is 2.62 bits per heavy atom. The second-order valence-corrected chi connectivity index (χ2v) is 5.62. The Morgan fingerprint density at radius 1 is 1.46 bits per heavy atom. The standard InChI is InChI=1S/C10H16BrNO/c1-7-5-12(6-9(7)11)10(13)4-8-2-3-8/h7-9H,2-6H2,1H3. The third-order valence-corrected chi connectivity index (χ3v) is 4.23. The predicted octanol–water partition coefficient (Wildman–Crippen LogP) is 2.03. The van der Waals surface area contributed by atoms with Gasteiger partial charge in [-0.15, -0.1) is 0 Å². The third-order valence-electron chi connectivity index (χ3n) is 3.03. The summed E-state index contributed by atoms with van der Waals surface area (Å²) in [6.07, 6.45) is 3.34. The lowest BCUT2D eigenvalue weighted by atomic mass is 10.2. The fourth-order valence-corrected chi connectivity index (χ4v) is 2.35. The summed E-state index contributed by atoms with van der Waals surface area (Å²) < 4.78 is 0. The van der Waals surface area contributed by atoms with E-state index in [9.17, 15) is 4.79 Å². The Morgan fingerprint density at radius 2 is 2.15 bits per heavy atom. The monoisotopic (exact) mass is 245 g/mol. The fraction of sp³-hybridized carbons (Fsp3) is 0.900. The normalized spacial score (nSPS) is 33.8. The maximum Gasteiger partial charge on any atom is 0.222 e. The first-order valence-corrected chi connectivity index (χ1v) is 6.00. The average Bonchev–Trinajstić information content (AvgIpc) is 2.81. The lowest BCUT2D eigenvalue weighted by Gasteiger charge is -2.15. The molecular formula is C10H16BrNO. The molecule has 1 amide bonds. The summed E-state index contributed by atoms with van der Waals surface area (Å²) in [7, 11) is 0. The first kappa shape index (κ1) is 9.50. The van der Waals surface area contributed by atoms with E-state index in [2.05, 4.69) is 22.9 Å². The van der Waals surface area contributed by atoms with Crippen LogP contribution in [0.3, 0.4) is 0 Å². The number of likely N-dealkylation sites (tertiary alicyclic amines) is 1. The third kappa shape index (κ3) is 2.25. The van der Waals surface area contributed by atoms with E-state index in [-0.39, 0.29) is 0 Å². The van der Waals surface area contributed by atoms with Crippen molar-refractivity contribution in [3.63, 3.8) is 0 Å². The van der Waals surface area contributed by atoms with E-state index in [4.69, 9.17) is 0 Å². The van der Waals surface area contributed by atoms with Crippen LogP contribution in [-0.4, -0.2) is 28.7 Å². The van der Waals surface area contributed by atoms with Gasteiger partial charge in [0, 0.05) is 24.3 Å². The average molecular weight is 246 g/mol. The van der Waals surface area contributed by atoms with Gasteiger partial charge in [0.05, 0.1) is 0 Å². The Kier molecular flexibility index (Phi) is 2.63. The summed E-state index contributed by atoms with van der Waals surface area (Å²) in [6, 6.07) is 0. The van der Waals surface area contributed by atoms with Gasteiger partial charge in [0.25, 0.3) is 0 Å². The molecule has 0 aromatic heterocycles. The molecule has 2 nitrogen and oxygen atoms in total. The smallest absolute Gasteiger partial charge is 0.222 e. The van der Waals surface area contributed by atoms with Crippen LogP contribution in [0.5, 0.6) is 0 Å². The topological polar surface area (TPSA) is 20.3 Å². The van der Waals surface area contributed by atoms with E-state index in [1.165, 1.54) is 12.8 Å². The van der Waals surface area contributed by atoms with Crippen LogP contribution < -0.4 is 0 Å². The molecule has 3 heteroatoms. The van der Waals surface area contributed by atoms with Crippen LogP contribution in [0.25, 0.3) is 0 Å². The minimum absolute atomic E-state index is 0.372. The van der Waals surface area contributed by atoms with Crippen molar-refractivity contribution in [3.8, 4) is 0 Å². The largest absolute Gasteiger partial charge is 0.341 e. The van der Waals surface area contributed by atoms with E-state index in [0.717, 1.165) is 25.4 Å². The van der Waals surface area contributed by atoms with Gasteiger partial charge in [-0.25, -0.2) is 0 Å². The van der Waals surface area contributed by atoms with Crippen LogP contribution >= 0.6 is 15.9 Å². The second kappa shape index (κ2) is 3.60. The molecule has 2 aliphatic rings. The van der Waals surface area contributed by atoms with Gasteiger partial charge in [-0.1, -0.05) is 22.9 Å². The zero-order chi connectivity index (χ0) is 9.42. The molecular weight excluding hydrogens is 230 g/mol. The lowest BCUT2D eigenvalue weighted by Crippen LogP contribution is -2.29. The molecule has 0 aromatic rings. The fourth-order valence-electron chi connectivity index (χ4n) is 1.83. The van der Waals surface area contributed by atoms with Crippen LogP contribution in [0.15, 0.2) is 0 Å². The summed E-state index contributed by atoms with van der Waals surface area (Å²) in [5.74, 6) is 1.71. The number of rotatable bonds is 2.